The van der Waals surface area contributed by atoms with E-state index >= 15 is 0 Å². The van der Waals surface area contributed by atoms with E-state index in [9.17, 15) is 14.0 Å². The minimum atomic E-state index is -0.635. The molecule has 1 fully saturated rings. The Hall–Kier alpha value is -3.33. The number of anilines is 1. The van der Waals surface area contributed by atoms with E-state index < -0.39 is 11.8 Å². The van der Waals surface area contributed by atoms with Crippen LogP contribution in [0.15, 0.2) is 42.5 Å². The number of halogens is 1. The van der Waals surface area contributed by atoms with Crippen molar-refractivity contribution >= 4 is 17.5 Å². The van der Waals surface area contributed by atoms with Gasteiger partial charge in [-0.25, -0.2) is 4.39 Å². The fraction of sp³-hybridized carbons (Fsp3) is 0.462. The molecule has 1 saturated heterocycles. The maximum Gasteiger partial charge on any atom is 0.309 e. The van der Waals surface area contributed by atoms with Crippen molar-refractivity contribution in [3.05, 3.63) is 53.8 Å². The fourth-order valence-electron chi connectivity index (χ4n) is 4.35. The first-order valence-corrected chi connectivity index (χ1v) is 12.1. The predicted octanol–water partition coefficient (Wildman–Crippen LogP) is 2.70. The largest absolute Gasteiger partial charge is 0.454 e. The number of hydrogen-bond donors (Lipinski definition) is 2. The second kappa shape index (κ2) is 11.4. The smallest absolute Gasteiger partial charge is 0.309 e. The lowest BCUT2D eigenvalue weighted by Gasteiger charge is -2.40. The quantitative estimate of drug-likeness (QED) is 0.561. The first-order valence-electron chi connectivity index (χ1n) is 12.1. The lowest BCUT2D eigenvalue weighted by atomic mass is 10.0. The predicted molar refractivity (Wildman–Crippen MR) is 131 cm³/mol. The number of nitrogens with zero attached hydrogens (tertiary/aromatic N) is 2. The molecule has 4 rings (SSSR count). The Labute approximate surface area is 205 Å². The highest BCUT2D eigenvalue weighted by atomic mass is 19.1. The molecule has 2 aliphatic heterocycles. The van der Waals surface area contributed by atoms with Gasteiger partial charge in [-0.3, -0.25) is 14.5 Å². The van der Waals surface area contributed by atoms with Crippen molar-refractivity contribution in [3.63, 3.8) is 0 Å². The lowest BCUT2D eigenvalue weighted by molar-refractivity contribution is -0.139. The first-order chi connectivity index (χ1) is 16.9. The number of carbonyl (C=O) groups is 2. The zero-order valence-electron chi connectivity index (χ0n) is 20.3. The van der Waals surface area contributed by atoms with Gasteiger partial charge in [-0.2, -0.15) is 0 Å². The average molecular weight is 485 g/mol. The summed E-state index contributed by atoms with van der Waals surface area (Å²) in [5.41, 5.74) is 1.96. The van der Waals surface area contributed by atoms with Crippen molar-refractivity contribution in [2.75, 3.05) is 51.0 Å². The summed E-state index contributed by atoms with van der Waals surface area (Å²) in [6, 6.07) is 12.2. The topological polar surface area (TPSA) is 83.1 Å². The van der Waals surface area contributed by atoms with Crippen LogP contribution in [0.4, 0.5) is 10.1 Å². The molecule has 0 aliphatic carbocycles. The number of benzene rings is 2. The Kier molecular flexibility index (Phi) is 8.07. The zero-order chi connectivity index (χ0) is 24.8. The monoisotopic (exact) mass is 484 g/mol. The van der Waals surface area contributed by atoms with Gasteiger partial charge < -0.3 is 25.0 Å². The fourth-order valence-corrected chi connectivity index (χ4v) is 4.35. The van der Waals surface area contributed by atoms with Gasteiger partial charge in [0.2, 0.25) is 6.79 Å². The second-order valence-corrected chi connectivity index (χ2v) is 9.28. The molecule has 0 saturated carbocycles. The van der Waals surface area contributed by atoms with Gasteiger partial charge in [0, 0.05) is 45.0 Å². The van der Waals surface area contributed by atoms with Crippen LogP contribution in [0.25, 0.3) is 0 Å². The molecule has 0 unspecified atom stereocenters. The van der Waals surface area contributed by atoms with Crippen LogP contribution in [-0.2, 0) is 9.59 Å². The molecule has 2 aromatic carbocycles. The minimum absolute atomic E-state index is 0.146. The number of nitrogens with one attached hydrogen (secondary N) is 2. The summed E-state index contributed by atoms with van der Waals surface area (Å²) in [6.07, 6.45) is 0.817. The summed E-state index contributed by atoms with van der Waals surface area (Å²) in [5.74, 6) is 0.319. The van der Waals surface area contributed by atoms with Crippen molar-refractivity contribution in [2.24, 2.45) is 5.92 Å². The van der Waals surface area contributed by atoms with E-state index in [4.69, 9.17) is 9.47 Å². The third-order valence-corrected chi connectivity index (χ3v) is 6.40. The summed E-state index contributed by atoms with van der Waals surface area (Å²) in [4.78, 5) is 29.2. The number of rotatable bonds is 8. The molecule has 0 aromatic heterocycles. The molecular formula is C26H33FN4O4. The molecule has 188 valence electrons. The van der Waals surface area contributed by atoms with Crippen LogP contribution in [0.2, 0.25) is 0 Å². The van der Waals surface area contributed by atoms with E-state index in [0.717, 1.165) is 43.9 Å². The van der Waals surface area contributed by atoms with Gasteiger partial charge in [0.15, 0.2) is 11.5 Å². The SMILES string of the molecule is CC(C)CCNC(=O)C(=O)NC[C@H](c1ccc2c(c1)OCO2)N1CCN(c2ccc(F)cc2)CC1. The number of fused-ring (bicyclic) bond motifs is 1. The van der Waals surface area contributed by atoms with Gasteiger partial charge in [0.25, 0.3) is 0 Å². The molecule has 0 bridgehead atoms. The van der Waals surface area contributed by atoms with Crippen LogP contribution in [0.3, 0.4) is 0 Å². The zero-order valence-corrected chi connectivity index (χ0v) is 20.3. The highest BCUT2D eigenvalue weighted by Crippen LogP contribution is 2.35. The number of ether oxygens (including phenoxy) is 2. The van der Waals surface area contributed by atoms with Crippen molar-refractivity contribution < 1.29 is 23.5 Å². The highest BCUT2D eigenvalue weighted by molar-refractivity contribution is 6.35. The van der Waals surface area contributed by atoms with Crippen molar-refractivity contribution in [1.82, 2.24) is 15.5 Å². The molecular weight excluding hydrogens is 451 g/mol. The van der Waals surface area contributed by atoms with Crippen LogP contribution in [0, 0.1) is 11.7 Å². The van der Waals surface area contributed by atoms with Gasteiger partial charge in [-0.05, 0) is 54.3 Å². The summed E-state index contributed by atoms with van der Waals surface area (Å²) in [5, 5.41) is 5.50. The van der Waals surface area contributed by atoms with Gasteiger partial charge >= 0.3 is 11.8 Å². The summed E-state index contributed by atoms with van der Waals surface area (Å²) in [7, 11) is 0. The summed E-state index contributed by atoms with van der Waals surface area (Å²) in [6.45, 7) is 8.09. The molecule has 35 heavy (non-hydrogen) atoms. The Morgan fingerprint density at radius 1 is 0.943 bits per heavy atom. The molecule has 2 aliphatic rings. The Bertz CT molecular complexity index is 1020. The highest BCUT2D eigenvalue weighted by Gasteiger charge is 2.28. The average Bonchev–Trinajstić information content (AvgIpc) is 3.33. The van der Waals surface area contributed by atoms with E-state index in [-0.39, 0.29) is 25.2 Å². The van der Waals surface area contributed by atoms with Gasteiger partial charge in [-0.1, -0.05) is 19.9 Å². The van der Waals surface area contributed by atoms with Crippen LogP contribution in [-0.4, -0.2) is 62.8 Å². The Morgan fingerprint density at radius 2 is 1.63 bits per heavy atom. The number of amides is 2. The molecule has 2 N–H and O–H groups in total. The molecule has 2 amide bonds. The third kappa shape index (κ3) is 6.42. The molecule has 2 heterocycles. The minimum Gasteiger partial charge on any atom is -0.454 e. The van der Waals surface area contributed by atoms with E-state index in [1.807, 2.05) is 18.2 Å². The number of carbonyl (C=O) groups excluding carboxylic acids is 2. The van der Waals surface area contributed by atoms with Crippen molar-refractivity contribution in [3.8, 4) is 11.5 Å². The van der Waals surface area contributed by atoms with E-state index in [2.05, 4.69) is 34.3 Å². The third-order valence-electron chi connectivity index (χ3n) is 6.40. The van der Waals surface area contributed by atoms with Gasteiger partial charge in [-0.15, -0.1) is 0 Å². The van der Waals surface area contributed by atoms with E-state index in [1.54, 1.807) is 12.1 Å². The van der Waals surface area contributed by atoms with Crippen LogP contribution in [0.5, 0.6) is 11.5 Å². The maximum atomic E-state index is 13.3. The lowest BCUT2D eigenvalue weighted by Crippen LogP contribution is -2.51. The van der Waals surface area contributed by atoms with Gasteiger partial charge in [0.1, 0.15) is 5.82 Å². The van der Waals surface area contributed by atoms with Crippen LogP contribution in [0.1, 0.15) is 31.9 Å². The summed E-state index contributed by atoms with van der Waals surface area (Å²) < 4.78 is 24.3. The first kappa shape index (κ1) is 24.8. The van der Waals surface area contributed by atoms with Crippen molar-refractivity contribution in [1.29, 1.82) is 0 Å². The molecule has 1 atom stereocenters. The van der Waals surface area contributed by atoms with Gasteiger partial charge in [0.05, 0.1) is 6.04 Å². The van der Waals surface area contributed by atoms with E-state index in [0.29, 0.717) is 24.0 Å². The van der Waals surface area contributed by atoms with Crippen LogP contribution < -0.4 is 25.0 Å². The standard InChI is InChI=1S/C26H33FN4O4/c1-18(2)9-10-28-25(32)26(33)29-16-22(19-3-8-23-24(15-19)35-17-34-23)31-13-11-30(12-14-31)21-6-4-20(27)5-7-21/h3-8,15,18,22H,9-14,16-17H2,1-2H3,(H,28,32)(H,29,33)/t22-/m1/s1. The summed E-state index contributed by atoms with van der Waals surface area (Å²) >= 11 is 0. The molecule has 0 spiro atoms. The van der Waals surface area contributed by atoms with E-state index in [1.165, 1.54) is 12.1 Å². The molecule has 9 heteroatoms. The number of hydrogen-bond acceptors (Lipinski definition) is 6. The second-order valence-electron chi connectivity index (χ2n) is 9.28. The molecule has 0 radical (unpaired) electrons. The molecule has 8 nitrogen and oxygen atoms in total. The number of piperazine rings is 1. The van der Waals surface area contributed by atoms with Crippen molar-refractivity contribution in [2.45, 2.75) is 26.3 Å². The molecule has 2 aromatic rings. The maximum absolute atomic E-state index is 13.3. The Balaban J connectivity index is 1.42. The van der Waals surface area contributed by atoms with Crippen LogP contribution >= 0.6 is 0 Å². The Morgan fingerprint density at radius 3 is 2.34 bits per heavy atom. The normalized spacial score (nSPS) is 16.3.